The number of aliphatic hydroxyl groups is 1. The van der Waals surface area contributed by atoms with Crippen molar-refractivity contribution in [1.82, 2.24) is 5.48 Å². The zero-order chi connectivity index (χ0) is 12.9. The van der Waals surface area contributed by atoms with Crippen molar-refractivity contribution in [2.24, 2.45) is 5.73 Å². The van der Waals surface area contributed by atoms with Crippen LogP contribution in [0.1, 0.15) is 29.8 Å². The highest BCUT2D eigenvalue weighted by Gasteiger charge is 2.12. The van der Waals surface area contributed by atoms with E-state index in [4.69, 9.17) is 10.6 Å². The molecule has 0 heterocycles. The van der Waals surface area contributed by atoms with Crippen LogP contribution in [-0.4, -0.2) is 23.2 Å². The van der Waals surface area contributed by atoms with Gasteiger partial charge < -0.3 is 10.8 Å². The maximum Gasteiger partial charge on any atom is 0.248 e. The molecule has 0 aliphatic heterocycles. The fourth-order valence-corrected chi connectivity index (χ4v) is 1.20. The van der Waals surface area contributed by atoms with Gasteiger partial charge in [-0.25, -0.2) is 0 Å². The first-order valence-corrected chi connectivity index (χ1v) is 5.34. The zero-order valence-electron chi connectivity index (χ0n) is 10.1. The first-order valence-electron chi connectivity index (χ1n) is 5.34. The van der Waals surface area contributed by atoms with Crippen LogP contribution in [0.25, 0.3) is 0 Å². The summed E-state index contributed by atoms with van der Waals surface area (Å²) in [5, 5.41) is 9.41. The Morgan fingerprint density at radius 3 is 2.82 bits per heavy atom. The number of hydrogen-bond donors (Lipinski definition) is 3. The Kier molecular flexibility index (Phi) is 4.62. The van der Waals surface area contributed by atoms with E-state index in [9.17, 15) is 9.90 Å². The second-order valence-electron chi connectivity index (χ2n) is 4.49. The number of nitrogens with one attached hydrogen (secondary N) is 1. The second-order valence-corrected chi connectivity index (χ2v) is 4.49. The van der Waals surface area contributed by atoms with Crippen LogP contribution in [-0.2, 0) is 11.4 Å². The van der Waals surface area contributed by atoms with Gasteiger partial charge in [-0.3, -0.25) is 9.63 Å². The summed E-state index contributed by atoms with van der Waals surface area (Å²) in [5.41, 5.74) is 8.36. The molecule has 4 N–H and O–H groups in total. The molecule has 1 aromatic rings. The lowest BCUT2D eigenvalue weighted by Gasteiger charge is -2.16. The van der Waals surface area contributed by atoms with E-state index in [1.54, 1.807) is 32.0 Å². The maximum absolute atomic E-state index is 11.0. The van der Waals surface area contributed by atoms with Gasteiger partial charge in [0.1, 0.15) is 0 Å². The van der Waals surface area contributed by atoms with E-state index in [2.05, 4.69) is 5.48 Å². The van der Waals surface area contributed by atoms with E-state index < -0.39 is 11.5 Å². The van der Waals surface area contributed by atoms with E-state index >= 15 is 0 Å². The molecule has 17 heavy (non-hydrogen) atoms. The number of rotatable bonds is 6. The summed E-state index contributed by atoms with van der Waals surface area (Å²) in [6, 6.07) is 6.96. The molecule has 1 rings (SSSR count). The summed E-state index contributed by atoms with van der Waals surface area (Å²) >= 11 is 0. The van der Waals surface area contributed by atoms with Gasteiger partial charge in [-0.2, -0.15) is 5.48 Å². The van der Waals surface area contributed by atoms with Crippen LogP contribution in [0, 0.1) is 0 Å². The maximum atomic E-state index is 11.0. The van der Waals surface area contributed by atoms with E-state index in [0.717, 1.165) is 5.56 Å². The SMILES string of the molecule is CC(C)(O)CONCc1cccc(C(N)=O)c1. The Hall–Kier alpha value is -1.43. The Morgan fingerprint density at radius 2 is 2.24 bits per heavy atom. The summed E-state index contributed by atoms with van der Waals surface area (Å²) in [4.78, 5) is 16.0. The van der Waals surface area contributed by atoms with Crippen molar-refractivity contribution in [2.75, 3.05) is 6.61 Å². The smallest absolute Gasteiger partial charge is 0.248 e. The number of primary amides is 1. The fourth-order valence-electron chi connectivity index (χ4n) is 1.20. The lowest BCUT2D eigenvalue weighted by atomic mass is 10.1. The minimum atomic E-state index is -0.873. The summed E-state index contributed by atoms with van der Waals surface area (Å²) in [6.45, 7) is 3.94. The molecule has 0 radical (unpaired) electrons. The highest BCUT2D eigenvalue weighted by atomic mass is 16.6. The number of nitrogens with two attached hydrogens (primary N) is 1. The minimum Gasteiger partial charge on any atom is -0.388 e. The molecular formula is C12H18N2O3. The molecule has 0 bridgehead atoms. The predicted octanol–water partition coefficient (Wildman–Crippen LogP) is 0.578. The Labute approximate surface area is 101 Å². The molecular weight excluding hydrogens is 220 g/mol. The van der Waals surface area contributed by atoms with Crippen LogP contribution in [0.2, 0.25) is 0 Å². The number of hydroxylamine groups is 1. The molecule has 0 saturated heterocycles. The Balaban J connectivity index is 2.42. The average molecular weight is 238 g/mol. The highest BCUT2D eigenvalue weighted by molar-refractivity contribution is 5.92. The standard InChI is InChI=1S/C12H18N2O3/c1-12(2,16)8-17-14-7-9-4-3-5-10(6-9)11(13)15/h3-6,14,16H,7-8H2,1-2H3,(H2,13,15). The lowest BCUT2D eigenvalue weighted by Crippen LogP contribution is -2.30. The third-order valence-electron chi connectivity index (χ3n) is 2.02. The number of carbonyl (C=O) groups is 1. The van der Waals surface area contributed by atoms with Gasteiger partial charge >= 0.3 is 0 Å². The second kappa shape index (κ2) is 5.77. The molecule has 0 aliphatic rings. The molecule has 0 saturated carbocycles. The molecule has 1 amide bonds. The van der Waals surface area contributed by atoms with Crippen LogP contribution < -0.4 is 11.2 Å². The van der Waals surface area contributed by atoms with Gasteiger partial charge in [0.05, 0.1) is 12.2 Å². The van der Waals surface area contributed by atoms with Gasteiger partial charge in [-0.15, -0.1) is 0 Å². The molecule has 0 aromatic heterocycles. The molecule has 0 fully saturated rings. The van der Waals surface area contributed by atoms with Crippen molar-refractivity contribution in [3.05, 3.63) is 35.4 Å². The van der Waals surface area contributed by atoms with Gasteiger partial charge in [-0.05, 0) is 31.5 Å². The Morgan fingerprint density at radius 1 is 1.53 bits per heavy atom. The quantitative estimate of drug-likeness (QED) is 0.500. The van der Waals surface area contributed by atoms with Crippen molar-refractivity contribution < 1.29 is 14.7 Å². The molecule has 0 atom stereocenters. The van der Waals surface area contributed by atoms with E-state index in [1.165, 1.54) is 0 Å². The largest absolute Gasteiger partial charge is 0.388 e. The zero-order valence-corrected chi connectivity index (χ0v) is 10.1. The topological polar surface area (TPSA) is 84.6 Å². The summed E-state index contributed by atoms with van der Waals surface area (Å²) in [5.74, 6) is -0.454. The normalized spacial score (nSPS) is 11.5. The monoisotopic (exact) mass is 238 g/mol. The molecule has 1 aromatic carbocycles. The lowest BCUT2D eigenvalue weighted by molar-refractivity contribution is -0.0633. The molecule has 94 valence electrons. The van der Waals surface area contributed by atoms with Crippen molar-refractivity contribution in [3.63, 3.8) is 0 Å². The Bertz CT molecular complexity index is 386. The van der Waals surface area contributed by atoms with Crippen LogP contribution in [0.4, 0.5) is 0 Å². The van der Waals surface area contributed by atoms with Crippen LogP contribution in [0.5, 0.6) is 0 Å². The predicted molar refractivity (Wildman–Crippen MR) is 64.0 cm³/mol. The number of carbonyl (C=O) groups excluding carboxylic acids is 1. The minimum absolute atomic E-state index is 0.183. The fraction of sp³-hybridized carbons (Fsp3) is 0.417. The summed E-state index contributed by atoms with van der Waals surface area (Å²) < 4.78 is 0. The van der Waals surface area contributed by atoms with Gasteiger partial charge in [0.2, 0.25) is 5.91 Å². The van der Waals surface area contributed by atoms with Gasteiger partial charge in [-0.1, -0.05) is 12.1 Å². The third-order valence-corrected chi connectivity index (χ3v) is 2.02. The van der Waals surface area contributed by atoms with Gasteiger partial charge in [0.15, 0.2) is 0 Å². The van der Waals surface area contributed by atoms with Crippen molar-refractivity contribution >= 4 is 5.91 Å². The van der Waals surface area contributed by atoms with E-state index in [-0.39, 0.29) is 6.61 Å². The molecule has 5 heteroatoms. The number of amides is 1. The van der Waals surface area contributed by atoms with Crippen LogP contribution in [0.15, 0.2) is 24.3 Å². The first-order chi connectivity index (χ1) is 7.88. The molecule has 5 nitrogen and oxygen atoms in total. The summed E-state index contributed by atoms with van der Waals surface area (Å²) in [7, 11) is 0. The molecule has 0 spiro atoms. The molecule has 0 unspecified atom stereocenters. The van der Waals surface area contributed by atoms with Crippen LogP contribution >= 0.6 is 0 Å². The number of benzene rings is 1. The van der Waals surface area contributed by atoms with E-state index in [1.807, 2.05) is 6.07 Å². The van der Waals surface area contributed by atoms with Crippen molar-refractivity contribution in [1.29, 1.82) is 0 Å². The molecule has 0 aliphatic carbocycles. The average Bonchev–Trinajstić information content (AvgIpc) is 2.23. The van der Waals surface area contributed by atoms with Gasteiger partial charge in [0.25, 0.3) is 0 Å². The summed E-state index contributed by atoms with van der Waals surface area (Å²) in [6.07, 6.45) is 0. The number of hydrogen-bond acceptors (Lipinski definition) is 4. The third kappa shape index (κ3) is 5.44. The van der Waals surface area contributed by atoms with Crippen molar-refractivity contribution in [3.8, 4) is 0 Å². The highest BCUT2D eigenvalue weighted by Crippen LogP contribution is 2.05. The van der Waals surface area contributed by atoms with Gasteiger partial charge in [0, 0.05) is 12.1 Å². The van der Waals surface area contributed by atoms with Crippen molar-refractivity contribution in [2.45, 2.75) is 26.0 Å². The van der Waals surface area contributed by atoms with Crippen LogP contribution in [0.3, 0.4) is 0 Å². The van der Waals surface area contributed by atoms with E-state index in [0.29, 0.717) is 12.1 Å². The first kappa shape index (κ1) is 13.6.